The summed E-state index contributed by atoms with van der Waals surface area (Å²) in [6.45, 7) is 0. The van der Waals surface area contributed by atoms with E-state index in [0.717, 1.165) is 0 Å². The van der Waals surface area contributed by atoms with Gasteiger partial charge in [-0.3, -0.25) is 5.32 Å². The van der Waals surface area contributed by atoms with Crippen molar-refractivity contribution < 1.29 is 4.79 Å². The molecule has 0 unspecified atom stereocenters. The minimum Gasteiger partial charge on any atom is -0.351 e. The Bertz CT molecular complexity index is 340. The van der Waals surface area contributed by atoms with Gasteiger partial charge in [0.25, 0.3) is 0 Å². The molecule has 1 aromatic heterocycles. The number of carbonyl (C=O) groups excluding carboxylic acids is 1. The zero-order chi connectivity index (χ0) is 8.97. The Kier molecular flexibility index (Phi) is 2.29. The highest BCUT2D eigenvalue weighted by Crippen LogP contribution is 2.08. The number of rotatable bonds is 1. The van der Waals surface area contributed by atoms with Crippen LogP contribution in [0, 0.1) is 12.3 Å². The number of carbonyl (C=O) groups is 1. The molecular formula is C8H7N3O. The van der Waals surface area contributed by atoms with Crippen molar-refractivity contribution in [3.05, 3.63) is 23.9 Å². The fourth-order valence-corrected chi connectivity index (χ4v) is 0.738. The highest BCUT2D eigenvalue weighted by molar-refractivity contribution is 5.88. The molecule has 0 aliphatic heterocycles. The maximum atomic E-state index is 10.4. The van der Waals surface area contributed by atoms with Gasteiger partial charge in [-0.1, -0.05) is 5.92 Å². The molecule has 0 spiro atoms. The number of urea groups is 1. The van der Waals surface area contributed by atoms with Crippen LogP contribution in [0.15, 0.2) is 18.3 Å². The first-order valence-electron chi connectivity index (χ1n) is 3.22. The second-order valence-corrected chi connectivity index (χ2v) is 2.03. The Morgan fingerprint density at radius 2 is 2.50 bits per heavy atom. The van der Waals surface area contributed by atoms with Crippen LogP contribution in [0.25, 0.3) is 0 Å². The molecule has 12 heavy (non-hydrogen) atoms. The normalized spacial score (nSPS) is 8.58. The molecule has 4 heteroatoms. The molecule has 0 aliphatic carbocycles. The first-order chi connectivity index (χ1) is 5.74. The molecule has 1 heterocycles. The van der Waals surface area contributed by atoms with Gasteiger partial charge in [0.2, 0.25) is 0 Å². The summed E-state index contributed by atoms with van der Waals surface area (Å²) in [6, 6.07) is 2.67. The van der Waals surface area contributed by atoms with Crippen molar-refractivity contribution in [1.82, 2.24) is 4.98 Å². The number of amides is 2. The highest BCUT2D eigenvalue weighted by atomic mass is 16.2. The lowest BCUT2D eigenvalue weighted by molar-refractivity contribution is 0.259. The van der Waals surface area contributed by atoms with E-state index in [1.165, 1.54) is 6.20 Å². The second-order valence-electron chi connectivity index (χ2n) is 2.03. The van der Waals surface area contributed by atoms with E-state index < -0.39 is 6.03 Å². The summed E-state index contributed by atoms with van der Waals surface area (Å²) >= 11 is 0. The number of pyridine rings is 1. The Morgan fingerprint density at radius 3 is 3.08 bits per heavy atom. The van der Waals surface area contributed by atoms with Crippen LogP contribution in [-0.2, 0) is 0 Å². The summed E-state index contributed by atoms with van der Waals surface area (Å²) in [5.41, 5.74) is 5.40. The van der Waals surface area contributed by atoms with Gasteiger partial charge >= 0.3 is 6.03 Å². The second kappa shape index (κ2) is 3.39. The number of primary amides is 1. The zero-order valence-corrected chi connectivity index (χ0v) is 6.24. The average Bonchev–Trinajstić information content (AvgIpc) is 2.04. The van der Waals surface area contributed by atoms with Crippen LogP contribution in [0.4, 0.5) is 10.6 Å². The minimum absolute atomic E-state index is 0.313. The predicted molar refractivity (Wildman–Crippen MR) is 45.4 cm³/mol. The fourth-order valence-electron chi connectivity index (χ4n) is 0.738. The third kappa shape index (κ3) is 1.73. The largest absolute Gasteiger partial charge is 0.351 e. The molecule has 60 valence electrons. The van der Waals surface area contributed by atoms with Crippen molar-refractivity contribution in [3.63, 3.8) is 0 Å². The molecule has 0 fully saturated rings. The predicted octanol–water partition coefficient (Wildman–Crippen LogP) is 0.554. The quantitative estimate of drug-likeness (QED) is 0.590. The van der Waals surface area contributed by atoms with Crippen molar-refractivity contribution in [2.24, 2.45) is 5.73 Å². The van der Waals surface area contributed by atoms with Gasteiger partial charge in [0.05, 0.1) is 5.56 Å². The van der Waals surface area contributed by atoms with Crippen LogP contribution >= 0.6 is 0 Å². The number of hydrogen-bond acceptors (Lipinski definition) is 2. The monoisotopic (exact) mass is 161 g/mol. The lowest BCUT2D eigenvalue weighted by atomic mass is 10.3. The average molecular weight is 161 g/mol. The molecular weight excluding hydrogens is 154 g/mol. The van der Waals surface area contributed by atoms with E-state index in [4.69, 9.17) is 12.2 Å². The Hall–Kier alpha value is -2.02. The van der Waals surface area contributed by atoms with E-state index in [0.29, 0.717) is 11.4 Å². The molecule has 0 aromatic carbocycles. The SMILES string of the molecule is C#Cc1cccnc1NC(N)=O. The summed E-state index contributed by atoms with van der Waals surface area (Å²) in [6.07, 6.45) is 6.66. The molecule has 2 amide bonds. The molecule has 1 rings (SSSR count). The van der Waals surface area contributed by atoms with Gasteiger partial charge in [-0.2, -0.15) is 0 Å². The van der Waals surface area contributed by atoms with Gasteiger partial charge in [-0.15, -0.1) is 6.42 Å². The summed E-state index contributed by atoms with van der Waals surface area (Å²) in [4.78, 5) is 14.3. The van der Waals surface area contributed by atoms with E-state index in [1.807, 2.05) is 0 Å². The number of hydrogen-bond donors (Lipinski definition) is 2. The molecule has 3 N–H and O–H groups in total. The van der Waals surface area contributed by atoms with Crippen molar-refractivity contribution in [2.45, 2.75) is 0 Å². The van der Waals surface area contributed by atoms with Crippen LogP contribution in [0.1, 0.15) is 5.56 Å². The fraction of sp³-hybridized carbons (Fsp3) is 0. The molecule has 0 aliphatic rings. The molecule has 0 saturated heterocycles. The van der Waals surface area contributed by atoms with Gasteiger partial charge in [-0.05, 0) is 12.1 Å². The first kappa shape index (κ1) is 8.08. The van der Waals surface area contributed by atoms with Gasteiger partial charge in [0.15, 0.2) is 0 Å². The Labute approximate surface area is 69.8 Å². The maximum Gasteiger partial charge on any atom is 0.317 e. The summed E-state index contributed by atoms with van der Waals surface area (Å²) in [5, 5.41) is 2.31. The van der Waals surface area contributed by atoms with E-state index in [2.05, 4.69) is 16.2 Å². The zero-order valence-electron chi connectivity index (χ0n) is 6.24. The summed E-state index contributed by atoms with van der Waals surface area (Å²) in [7, 11) is 0. The molecule has 0 atom stereocenters. The standard InChI is InChI=1S/C8H7N3O/c1-2-6-4-3-5-10-7(6)11-8(9)12/h1,3-5H,(H3,9,10,11,12). The number of nitrogens with zero attached hydrogens (tertiary/aromatic N) is 1. The van der Waals surface area contributed by atoms with Crippen LogP contribution in [0.2, 0.25) is 0 Å². The number of terminal acetylenes is 1. The van der Waals surface area contributed by atoms with Crippen molar-refractivity contribution in [1.29, 1.82) is 0 Å². The van der Waals surface area contributed by atoms with Crippen LogP contribution < -0.4 is 11.1 Å². The highest BCUT2D eigenvalue weighted by Gasteiger charge is 2.01. The number of anilines is 1. The number of aromatic nitrogens is 1. The van der Waals surface area contributed by atoms with Crippen LogP contribution in [0.3, 0.4) is 0 Å². The number of nitrogens with one attached hydrogen (secondary N) is 1. The van der Waals surface area contributed by atoms with Crippen molar-refractivity contribution in [3.8, 4) is 12.3 Å². The lowest BCUT2D eigenvalue weighted by Gasteiger charge is -2.01. The minimum atomic E-state index is -0.676. The van der Waals surface area contributed by atoms with Gasteiger partial charge in [-0.25, -0.2) is 9.78 Å². The molecule has 0 saturated carbocycles. The van der Waals surface area contributed by atoms with Gasteiger partial charge < -0.3 is 5.73 Å². The van der Waals surface area contributed by atoms with Crippen LogP contribution in [0.5, 0.6) is 0 Å². The summed E-state index contributed by atoms with van der Waals surface area (Å²) in [5.74, 6) is 2.68. The molecule has 4 nitrogen and oxygen atoms in total. The van der Waals surface area contributed by atoms with Crippen molar-refractivity contribution in [2.75, 3.05) is 5.32 Å². The van der Waals surface area contributed by atoms with E-state index in [-0.39, 0.29) is 0 Å². The maximum absolute atomic E-state index is 10.4. The Balaban J connectivity index is 2.99. The molecule has 0 radical (unpaired) electrons. The molecule has 1 aromatic rings. The first-order valence-corrected chi connectivity index (χ1v) is 3.22. The smallest absolute Gasteiger partial charge is 0.317 e. The van der Waals surface area contributed by atoms with E-state index in [1.54, 1.807) is 12.1 Å². The van der Waals surface area contributed by atoms with E-state index >= 15 is 0 Å². The van der Waals surface area contributed by atoms with Gasteiger partial charge in [0, 0.05) is 6.20 Å². The molecule has 0 bridgehead atoms. The lowest BCUT2D eigenvalue weighted by Crippen LogP contribution is -2.20. The topological polar surface area (TPSA) is 68.0 Å². The Morgan fingerprint density at radius 1 is 1.75 bits per heavy atom. The number of nitrogens with two attached hydrogens (primary N) is 1. The van der Waals surface area contributed by atoms with E-state index in [9.17, 15) is 4.79 Å². The third-order valence-electron chi connectivity index (χ3n) is 1.20. The van der Waals surface area contributed by atoms with Gasteiger partial charge in [0.1, 0.15) is 5.82 Å². The summed E-state index contributed by atoms with van der Waals surface area (Å²) < 4.78 is 0. The third-order valence-corrected chi connectivity index (χ3v) is 1.20. The van der Waals surface area contributed by atoms with Crippen LogP contribution in [-0.4, -0.2) is 11.0 Å². The van der Waals surface area contributed by atoms with Crippen molar-refractivity contribution >= 4 is 11.8 Å².